The number of benzene rings is 1. The highest BCUT2D eigenvalue weighted by Crippen LogP contribution is 2.25. The van der Waals surface area contributed by atoms with E-state index in [1.165, 1.54) is 6.26 Å². The van der Waals surface area contributed by atoms with Gasteiger partial charge in [-0.2, -0.15) is 0 Å². The number of hydrogen-bond acceptors (Lipinski definition) is 3. The van der Waals surface area contributed by atoms with Crippen LogP contribution in [-0.4, -0.2) is 10.9 Å². The standard InChI is InChI=1S/C14H9BrN2O2/c15-9-3-4-11-10(8-9)12(5-6-16-11)17-14(18)13-2-1-7-19-13/h1-8H,(H,16,17,18). The topological polar surface area (TPSA) is 55.1 Å². The number of carbonyl (C=O) groups excluding carboxylic acids is 1. The molecule has 3 aromatic rings. The molecule has 1 N–H and O–H groups in total. The van der Waals surface area contributed by atoms with Crippen molar-refractivity contribution in [2.24, 2.45) is 0 Å². The van der Waals surface area contributed by atoms with E-state index in [4.69, 9.17) is 4.42 Å². The Balaban J connectivity index is 2.01. The lowest BCUT2D eigenvalue weighted by Gasteiger charge is -2.07. The minimum atomic E-state index is -0.280. The summed E-state index contributed by atoms with van der Waals surface area (Å²) in [6.07, 6.45) is 3.13. The maximum Gasteiger partial charge on any atom is 0.291 e. The van der Waals surface area contributed by atoms with Crippen LogP contribution in [0.25, 0.3) is 10.9 Å². The first kappa shape index (κ1) is 11.9. The van der Waals surface area contributed by atoms with Gasteiger partial charge in [0.2, 0.25) is 0 Å². The fourth-order valence-corrected chi connectivity index (χ4v) is 2.18. The van der Waals surface area contributed by atoms with Gasteiger partial charge < -0.3 is 9.73 Å². The second kappa shape index (κ2) is 4.85. The van der Waals surface area contributed by atoms with E-state index in [0.29, 0.717) is 5.69 Å². The summed E-state index contributed by atoms with van der Waals surface area (Å²) in [6.45, 7) is 0. The van der Waals surface area contributed by atoms with Crippen molar-refractivity contribution >= 4 is 38.4 Å². The number of nitrogens with one attached hydrogen (secondary N) is 1. The van der Waals surface area contributed by atoms with Gasteiger partial charge in [0.15, 0.2) is 5.76 Å². The molecule has 0 atom stereocenters. The van der Waals surface area contributed by atoms with Gasteiger partial charge in [0.05, 0.1) is 17.5 Å². The number of rotatable bonds is 2. The van der Waals surface area contributed by atoms with E-state index < -0.39 is 0 Å². The molecule has 0 radical (unpaired) electrons. The summed E-state index contributed by atoms with van der Waals surface area (Å²) in [5.74, 6) is -0.00238. The molecular weight excluding hydrogens is 308 g/mol. The van der Waals surface area contributed by atoms with Gasteiger partial charge in [0.1, 0.15) is 0 Å². The van der Waals surface area contributed by atoms with Crippen LogP contribution in [-0.2, 0) is 0 Å². The van der Waals surface area contributed by atoms with Gasteiger partial charge in [-0.15, -0.1) is 0 Å². The lowest BCUT2D eigenvalue weighted by atomic mass is 10.2. The summed E-state index contributed by atoms with van der Waals surface area (Å²) in [5, 5.41) is 3.69. The zero-order chi connectivity index (χ0) is 13.2. The zero-order valence-electron chi connectivity index (χ0n) is 9.76. The minimum absolute atomic E-state index is 0.278. The SMILES string of the molecule is O=C(Nc1ccnc2ccc(Br)cc12)c1ccco1. The molecule has 2 heterocycles. The fourth-order valence-electron chi connectivity index (χ4n) is 1.82. The van der Waals surface area contributed by atoms with E-state index in [-0.39, 0.29) is 11.7 Å². The van der Waals surface area contributed by atoms with Crippen molar-refractivity contribution in [1.29, 1.82) is 0 Å². The molecule has 0 aliphatic heterocycles. The lowest BCUT2D eigenvalue weighted by Crippen LogP contribution is -2.11. The first-order valence-electron chi connectivity index (χ1n) is 5.63. The summed E-state index contributed by atoms with van der Waals surface area (Å²) in [4.78, 5) is 16.2. The van der Waals surface area contributed by atoms with E-state index in [2.05, 4.69) is 26.2 Å². The van der Waals surface area contributed by atoms with Crippen LogP contribution in [0.2, 0.25) is 0 Å². The first-order valence-corrected chi connectivity index (χ1v) is 6.42. The molecule has 1 aromatic carbocycles. The summed E-state index contributed by atoms with van der Waals surface area (Å²) in [5.41, 5.74) is 1.52. The Kier molecular flexibility index (Phi) is 3.05. The molecule has 4 nitrogen and oxygen atoms in total. The molecular formula is C14H9BrN2O2. The number of hydrogen-bond donors (Lipinski definition) is 1. The van der Waals surface area contributed by atoms with Crippen LogP contribution in [0.5, 0.6) is 0 Å². The van der Waals surface area contributed by atoms with Crippen molar-refractivity contribution in [2.75, 3.05) is 5.32 Å². The van der Waals surface area contributed by atoms with Crippen LogP contribution in [0.1, 0.15) is 10.6 Å². The third-order valence-electron chi connectivity index (χ3n) is 2.70. The monoisotopic (exact) mass is 316 g/mol. The summed E-state index contributed by atoms with van der Waals surface area (Å²) >= 11 is 3.41. The van der Waals surface area contributed by atoms with Gasteiger partial charge in [0.25, 0.3) is 5.91 Å². The Morgan fingerprint density at radius 3 is 2.95 bits per heavy atom. The largest absolute Gasteiger partial charge is 0.459 e. The second-order valence-corrected chi connectivity index (χ2v) is 4.87. The molecule has 1 amide bonds. The van der Waals surface area contributed by atoms with Crippen LogP contribution in [0, 0.1) is 0 Å². The number of fused-ring (bicyclic) bond motifs is 1. The van der Waals surface area contributed by atoms with E-state index >= 15 is 0 Å². The summed E-state index contributed by atoms with van der Waals surface area (Å²) in [6, 6.07) is 10.8. The molecule has 2 aromatic heterocycles. The van der Waals surface area contributed by atoms with Crippen molar-refractivity contribution < 1.29 is 9.21 Å². The molecule has 0 aliphatic carbocycles. The predicted octanol–water partition coefficient (Wildman–Crippen LogP) is 3.84. The number of nitrogens with zero attached hydrogens (tertiary/aromatic N) is 1. The maximum absolute atomic E-state index is 12.0. The molecule has 0 unspecified atom stereocenters. The summed E-state index contributed by atoms with van der Waals surface area (Å²) in [7, 11) is 0. The van der Waals surface area contributed by atoms with E-state index in [0.717, 1.165) is 15.4 Å². The molecule has 3 rings (SSSR count). The molecule has 94 valence electrons. The average Bonchev–Trinajstić information content (AvgIpc) is 2.93. The first-order chi connectivity index (χ1) is 9.24. The number of amides is 1. The minimum Gasteiger partial charge on any atom is -0.459 e. The number of furan rings is 1. The zero-order valence-corrected chi connectivity index (χ0v) is 11.3. The van der Waals surface area contributed by atoms with Gasteiger partial charge in [-0.25, -0.2) is 0 Å². The molecule has 0 fully saturated rings. The average molecular weight is 317 g/mol. The van der Waals surface area contributed by atoms with Gasteiger partial charge in [-0.3, -0.25) is 9.78 Å². The van der Waals surface area contributed by atoms with Crippen LogP contribution < -0.4 is 5.32 Å². The maximum atomic E-state index is 12.0. The smallest absolute Gasteiger partial charge is 0.291 e. The van der Waals surface area contributed by atoms with Crippen LogP contribution in [0.4, 0.5) is 5.69 Å². The van der Waals surface area contributed by atoms with Crippen LogP contribution >= 0.6 is 15.9 Å². The molecule has 5 heteroatoms. The van der Waals surface area contributed by atoms with E-state index in [9.17, 15) is 4.79 Å². The van der Waals surface area contributed by atoms with Crippen molar-refractivity contribution in [3.05, 3.63) is 59.1 Å². The van der Waals surface area contributed by atoms with E-state index in [1.54, 1.807) is 24.4 Å². The Labute approximate surface area is 117 Å². The third-order valence-corrected chi connectivity index (χ3v) is 3.19. The molecule has 0 saturated heterocycles. The molecule has 0 spiro atoms. The van der Waals surface area contributed by atoms with Gasteiger partial charge in [-0.05, 0) is 36.4 Å². The van der Waals surface area contributed by atoms with Crippen molar-refractivity contribution in [2.45, 2.75) is 0 Å². The van der Waals surface area contributed by atoms with Crippen molar-refractivity contribution in [3.8, 4) is 0 Å². The second-order valence-electron chi connectivity index (χ2n) is 3.95. The van der Waals surface area contributed by atoms with Gasteiger partial charge >= 0.3 is 0 Å². The van der Waals surface area contributed by atoms with Crippen LogP contribution in [0.15, 0.2) is 57.7 Å². The highest BCUT2D eigenvalue weighted by molar-refractivity contribution is 9.10. The molecule has 0 bridgehead atoms. The summed E-state index contributed by atoms with van der Waals surface area (Å²) < 4.78 is 6.00. The van der Waals surface area contributed by atoms with Crippen molar-refractivity contribution in [3.63, 3.8) is 0 Å². The quantitative estimate of drug-likeness (QED) is 0.781. The lowest BCUT2D eigenvalue weighted by molar-refractivity contribution is 0.0997. The normalized spacial score (nSPS) is 10.6. The third kappa shape index (κ3) is 2.37. The Hall–Kier alpha value is -2.14. The molecule has 0 saturated carbocycles. The molecule has 0 aliphatic rings. The number of pyridine rings is 1. The predicted molar refractivity (Wildman–Crippen MR) is 76.1 cm³/mol. The van der Waals surface area contributed by atoms with Gasteiger partial charge in [0, 0.05) is 16.1 Å². The number of carbonyl (C=O) groups is 1. The fraction of sp³-hybridized carbons (Fsp3) is 0. The van der Waals surface area contributed by atoms with Crippen molar-refractivity contribution in [1.82, 2.24) is 4.98 Å². The number of aromatic nitrogens is 1. The van der Waals surface area contributed by atoms with Crippen LogP contribution in [0.3, 0.4) is 0 Å². The molecule has 19 heavy (non-hydrogen) atoms. The Morgan fingerprint density at radius 2 is 2.16 bits per heavy atom. The highest BCUT2D eigenvalue weighted by Gasteiger charge is 2.11. The van der Waals surface area contributed by atoms with E-state index in [1.807, 2.05) is 18.2 Å². The number of anilines is 1. The highest BCUT2D eigenvalue weighted by atomic mass is 79.9. The Bertz CT molecular complexity index is 738. The van der Waals surface area contributed by atoms with Gasteiger partial charge in [-0.1, -0.05) is 15.9 Å². The Morgan fingerprint density at radius 1 is 1.26 bits per heavy atom. The number of halogens is 1.